The minimum atomic E-state index is -5.02. The summed E-state index contributed by atoms with van der Waals surface area (Å²) >= 11 is 3.01. The summed E-state index contributed by atoms with van der Waals surface area (Å²) in [6.07, 6.45) is -2.23. The fourth-order valence-electron chi connectivity index (χ4n) is 3.74. The van der Waals surface area contributed by atoms with Gasteiger partial charge in [0.1, 0.15) is 4.90 Å². The Hall–Kier alpha value is -1.93. The lowest BCUT2D eigenvalue weighted by Gasteiger charge is -2.28. The topological polar surface area (TPSA) is 102 Å². The smallest absolute Gasteiger partial charge is 0.404 e. The van der Waals surface area contributed by atoms with Gasteiger partial charge < -0.3 is 4.74 Å². The van der Waals surface area contributed by atoms with Crippen molar-refractivity contribution in [3.05, 3.63) is 62.1 Å². The number of nitrogens with one attached hydrogen (secondary N) is 1. The Balaban J connectivity index is 0.00000432. The molecule has 8 nitrogen and oxygen atoms in total. The van der Waals surface area contributed by atoms with Crippen LogP contribution in [0, 0.1) is 10.1 Å². The van der Waals surface area contributed by atoms with Crippen LogP contribution < -0.4 is 9.46 Å². The van der Waals surface area contributed by atoms with E-state index in [0.29, 0.717) is 19.4 Å². The highest BCUT2D eigenvalue weighted by Crippen LogP contribution is 2.32. The van der Waals surface area contributed by atoms with E-state index in [1.54, 1.807) is 12.1 Å². The normalized spacial score (nSPS) is 14.2. The van der Waals surface area contributed by atoms with Gasteiger partial charge in [0.25, 0.3) is 5.69 Å². The van der Waals surface area contributed by atoms with Crippen LogP contribution in [-0.2, 0) is 23.0 Å². The van der Waals surface area contributed by atoms with Crippen molar-refractivity contribution in [3.8, 4) is 5.75 Å². The van der Waals surface area contributed by atoms with Gasteiger partial charge in [0.15, 0.2) is 5.75 Å². The van der Waals surface area contributed by atoms with E-state index >= 15 is 0 Å². The third kappa shape index (κ3) is 8.60. The van der Waals surface area contributed by atoms with Gasteiger partial charge in [-0.2, -0.15) is 0 Å². The highest BCUT2D eigenvalue weighted by molar-refractivity contribution is 9.10. The van der Waals surface area contributed by atoms with Gasteiger partial charge in [-0.25, -0.2) is 13.1 Å². The summed E-state index contributed by atoms with van der Waals surface area (Å²) in [5, 5.41) is 11.0. The van der Waals surface area contributed by atoms with Crippen LogP contribution in [-0.4, -0.2) is 44.2 Å². The molecule has 2 aromatic rings. The number of hydrogen-bond donors (Lipinski definition) is 1. The lowest BCUT2D eigenvalue weighted by atomic mass is 9.99. The number of benzene rings is 2. The van der Waals surface area contributed by atoms with Gasteiger partial charge >= 0.3 is 6.36 Å². The predicted octanol–water partition coefficient (Wildman–Crippen LogP) is 5.18. The van der Waals surface area contributed by atoms with E-state index in [9.17, 15) is 31.7 Å². The van der Waals surface area contributed by atoms with Crippen LogP contribution in [0.1, 0.15) is 30.4 Å². The van der Waals surface area contributed by atoms with E-state index in [4.69, 9.17) is 0 Å². The van der Waals surface area contributed by atoms with Crippen LogP contribution in [0.15, 0.2) is 45.8 Å². The Morgan fingerprint density at radius 1 is 1.11 bits per heavy atom. The molecule has 0 aliphatic carbocycles. The number of hydrogen-bond acceptors (Lipinski definition) is 6. The van der Waals surface area contributed by atoms with Crippen LogP contribution >= 0.6 is 28.3 Å². The van der Waals surface area contributed by atoms with Crippen LogP contribution in [0.25, 0.3) is 0 Å². The number of nitro benzene ring substituents is 1. The first kappa shape index (κ1) is 29.3. The van der Waals surface area contributed by atoms with Crippen molar-refractivity contribution >= 4 is 44.0 Å². The molecular formula is C21H24BrClF3N3O5S. The average molecular weight is 603 g/mol. The molecule has 0 amide bonds. The third-order valence-electron chi connectivity index (χ3n) is 5.36. The van der Waals surface area contributed by atoms with Crippen molar-refractivity contribution in [2.24, 2.45) is 0 Å². The zero-order valence-corrected chi connectivity index (χ0v) is 21.6. The molecule has 0 bridgehead atoms. The molecule has 14 heteroatoms. The maximum Gasteiger partial charge on any atom is 0.573 e. The molecule has 1 aliphatic heterocycles. The number of nitro groups is 1. The number of halogens is 5. The molecule has 0 aromatic heterocycles. The Bertz CT molecular complexity index is 1150. The number of fused-ring (bicyclic) bond motifs is 1. The first-order valence-electron chi connectivity index (χ1n) is 10.5. The number of unbranched alkanes of at least 4 members (excludes halogenated alkanes) is 2. The Morgan fingerprint density at radius 3 is 2.54 bits per heavy atom. The number of non-ortho nitro benzene ring substituents is 1. The van der Waals surface area contributed by atoms with Crippen molar-refractivity contribution < 1.29 is 31.2 Å². The number of sulfonamides is 1. The molecule has 35 heavy (non-hydrogen) atoms. The molecule has 0 unspecified atom stereocenters. The Morgan fingerprint density at radius 2 is 1.86 bits per heavy atom. The molecule has 3 rings (SSSR count). The van der Waals surface area contributed by atoms with E-state index < -0.39 is 32.0 Å². The van der Waals surface area contributed by atoms with Gasteiger partial charge in [-0.05, 0) is 55.1 Å². The lowest BCUT2D eigenvalue weighted by molar-refractivity contribution is -0.385. The van der Waals surface area contributed by atoms with Gasteiger partial charge in [0.2, 0.25) is 10.0 Å². The molecule has 0 spiro atoms. The Kier molecular flexibility index (Phi) is 10.3. The first-order valence-corrected chi connectivity index (χ1v) is 12.8. The van der Waals surface area contributed by atoms with Crippen molar-refractivity contribution in [1.82, 2.24) is 9.62 Å². The highest BCUT2D eigenvalue weighted by Gasteiger charge is 2.34. The molecule has 1 N–H and O–H groups in total. The summed E-state index contributed by atoms with van der Waals surface area (Å²) in [6, 6.07) is 8.24. The maximum atomic E-state index is 12.6. The molecule has 0 radical (unpaired) electrons. The highest BCUT2D eigenvalue weighted by atomic mass is 79.9. The number of alkyl halides is 3. The molecule has 1 heterocycles. The van der Waals surface area contributed by atoms with E-state index in [1.165, 1.54) is 12.1 Å². The van der Waals surface area contributed by atoms with Gasteiger partial charge in [0.05, 0.1) is 4.92 Å². The van der Waals surface area contributed by atoms with Crippen LogP contribution in [0.4, 0.5) is 18.9 Å². The van der Waals surface area contributed by atoms with Gasteiger partial charge in [0, 0.05) is 36.2 Å². The van der Waals surface area contributed by atoms with Crippen LogP contribution in [0.2, 0.25) is 0 Å². The van der Waals surface area contributed by atoms with E-state index in [2.05, 4.69) is 30.3 Å². The molecule has 1 aliphatic rings. The summed E-state index contributed by atoms with van der Waals surface area (Å²) < 4.78 is 69.3. The van der Waals surface area contributed by atoms with E-state index in [1.807, 2.05) is 0 Å². The molecule has 2 aromatic carbocycles. The number of nitrogens with zero attached hydrogens (tertiary/aromatic N) is 2. The van der Waals surface area contributed by atoms with Gasteiger partial charge in [-0.3, -0.25) is 15.0 Å². The monoisotopic (exact) mass is 601 g/mol. The maximum absolute atomic E-state index is 12.6. The fourth-order valence-corrected chi connectivity index (χ4v) is 5.26. The van der Waals surface area contributed by atoms with E-state index in [-0.39, 0.29) is 29.1 Å². The summed E-state index contributed by atoms with van der Waals surface area (Å²) in [5.74, 6) is -0.806. The second-order valence-electron chi connectivity index (χ2n) is 7.83. The summed E-state index contributed by atoms with van der Waals surface area (Å²) in [5.41, 5.74) is 2.13. The zero-order chi connectivity index (χ0) is 24.9. The van der Waals surface area contributed by atoms with Crippen molar-refractivity contribution in [1.29, 1.82) is 0 Å². The van der Waals surface area contributed by atoms with Crippen molar-refractivity contribution in [2.45, 2.75) is 43.5 Å². The number of ether oxygens (including phenoxy) is 1. The second-order valence-corrected chi connectivity index (χ2v) is 10.5. The molecule has 0 atom stereocenters. The van der Waals surface area contributed by atoms with E-state index in [0.717, 1.165) is 49.2 Å². The standard InChI is InChI=1S/C21H23BrF3N3O5S.ClH/c22-17-5-7-20(19(13-17)33-21(23,24)25)34(31,32)26-9-2-1-3-10-27-11-8-15-4-6-18(28(29)30)12-16(15)14-27;/h4-7,12-13,26H,1-3,8-11,14H2;1H. The summed E-state index contributed by atoms with van der Waals surface area (Å²) in [6.45, 7) is 2.28. The molecule has 194 valence electrons. The molecular weight excluding hydrogens is 579 g/mol. The minimum absolute atomic E-state index is 0. The predicted molar refractivity (Wildman–Crippen MR) is 129 cm³/mol. The van der Waals surface area contributed by atoms with Gasteiger partial charge in [-0.1, -0.05) is 28.4 Å². The first-order chi connectivity index (χ1) is 15.9. The minimum Gasteiger partial charge on any atom is -0.404 e. The fraction of sp³-hybridized carbons (Fsp3) is 0.429. The zero-order valence-electron chi connectivity index (χ0n) is 18.4. The largest absolute Gasteiger partial charge is 0.573 e. The summed E-state index contributed by atoms with van der Waals surface area (Å²) in [4.78, 5) is 12.2. The molecule has 0 saturated heterocycles. The Labute approximate surface area is 215 Å². The lowest BCUT2D eigenvalue weighted by Crippen LogP contribution is -2.31. The SMILES string of the molecule is Cl.O=[N+]([O-])c1ccc2c(c1)CN(CCCCCNS(=O)(=O)c1ccc(Br)cc1OC(F)(F)F)CC2. The second kappa shape index (κ2) is 12.3. The summed E-state index contributed by atoms with van der Waals surface area (Å²) in [7, 11) is -4.19. The average Bonchev–Trinajstić information content (AvgIpc) is 2.74. The number of rotatable bonds is 10. The molecule has 0 fully saturated rings. The van der Waals surface area contributed by atoms with Crippen molar-refractivity contribution in [3.63, 3.8) is 0 Å². The van der Waals surface area contributed by atoms with Crippen molar-refractivity contribution in [2.75, 3.05) is 19.6 Å². The molecule has 0 saturated carbocycles. The quantitative estimate of drug-likeness (QED) is 0.228. The van der Waals surface area contributed by atoms with Gasteiger partial charge in [-0.15, -0.1) is 25.6 Å². The van der Waals surface area contributed by atoms with Crippen LogP contribution in [0.5, 0.6) is 5.75 Å². The van der Waals surface area contributed by atoms with Crippen LogP contribution in [0.3, 0.4) is 0 Å². The third-order valence-corrected chi connectivity index (χ3v) is 7.35.